The van der Waals surface area contributed by atoms with Crippen LogP contribution in [0.5, 0.6) is 0 Å². The Hall–Kier alpha value is -1.49. The van der Waals surface area contributed by atoms with Crippen molar-refractivity contribution in [1.29, 1.82) is 0 Å². The Morgan fingerprint density at radius 3 is 2.76 bits per heavy atom. The molecule has 0 spiro atoms. The molecule has 2 unspecified atom stereocenters. The third kappa shape index (κ3) is 4.24. The summed E-state index contributed by atoms with van der Waals surface area (Å²) in [5, 5.41) is 10.6. The van der Waals surface area contributed by atoms with E-state index in [1.807, 2.05) is 26.0 Å². The molecule has 21 heavy (non-hydrogen) atoms. The molecule has 114 valence electrons. The van der Waals surface area contributed by atoms with E-state index in [9.17, 15) is 14.7 Å². The summed E-state index contributed by atoms with van der Waals surface area (Å²) in [5.74, 6) is -0.389. The van der Waals surface area contributed by atoms with E-state index < -0.39 is 22.3 Å². The lowest BCUT2D eigenvalue weighted by Gasteiger charge is -2.23. The minimum atomic E-state index is -1.04. The number of hydrogen-bond acceptors (Lipinski definition) is 3. The molecule has 4 nitrogen and oxygen atoms in total. The Morgan fingerprint density at radius 2 is 2.10 bits per heavy atom. The van der Waals surface area contributed by atoms with Crippen molar-refractivity contribution in [2.45, 2.75) is 44.8 Å². The molecular formula is C16H21NO3S. The van der Waals surface area contributed by atoms with Crippen molar-refractivity contribution in [3.8, 4) is 0 Å². The SMILES string of the molecule is Cc1ccc(CC(=O)N[S+]2CCCCC2C(=O)[O-])c(C)c1. The highest BCUT2D eigenvalue weighted by Gasteiger charge is 2.36. The summed E-state index contributed by atoms with van der Waals surface area (Å²) in [5.41, 5.74) is 3.25. The number of aryl methyl sites for hydroxylation is 2. The van der Waals surface area contributed by atoms with E-state index in [4.69, 9.17) is 0 Å². The number of benzene rings is 1. The van der Waals surface area contributed by atoms with Gasteiger partial charge in [-0.25, -0.2) is 0 Å². The summed E-state index contributed by atoms with van der Waals surface area (Å²) in [6.45, 7) is 4.01. The van der Waals surface area contributed by atoms with Gasteiger partial charge in [0.1, 0.15) is 16.8 Å². The highest BCUT2D eigenvalue weighted by atomic mass is 32.2. The molecule has 2 rings (SSSR count). The van der Waals surface area contributed by atoms with Gasteiger partial charge < -0.3 is 9.90 Å². The van der Waals surface area contributed by atoms with Crippen LogP contribution in [0.2, 0.25) is 0 Å². The number of carboxylic acid groups (broad SMARTS) is 1. The van der Waals surface area contributed by atoms with Gasteiger partial charge >= 0.3 is 0 Å². The number of carbonyl (C=O) groups is 2. The predicted octanol–water partition coefficient (Wildman–Crippen LogP) is 0.798. The number of carboxylic acids is 1. The number of rotatable bonds is 4. The molecule has 1 aromatic carbocycles. The molecule has 5 heteroatoms. The van der Waals surface area contributed by atoms with Crippen LogP contribution in [0.15, 0.2) is 18.2 Å². The van der Waals surface area contributed by atoms with Gasteiger partial charge in [0.25, 0.3) is 5.91 Å². The molecule has 1 aliphatic rings. The van der Waals surface area contributed by atoms with Gasteiger partial charge in [-0.3, -0.25) is 4.79 Å². The van der Waals surface area contributed by atoms with Crippen molar-refractivity contribution >= 4 is 23.0 Å². The zero-order valence-corrected chi connectivity index (χ0v) is 13.3. The fraction of sp³-hybridized carbons (Fsp3) is 0.500. The molecule has 1 fully saturated rings. The third-order valence-corrected chi connectivity index (χ3v) is 6.11. The second-order valence-corrected chi connectivity index (χ2v) is 7.61. The molecule has 0 saturated carbocycles. The molecule has 1 heterocycles. The molecule has 1 aromatic rings. The summed E-state index contributed by atoms with van der Waals surface area (Å²) in [6, 6.07) is 6.00. The van der Waals surface area contributed by atoms with Gasteiger partial charge in [-0.1, -0.05) is 23.8 Å². The van der Waals surface area contributed by atoms with Crippen LogP contribution in [0.3, 0.4) is 0 Å². The van der Waals surface area contributed by atoms with Crippen molar-refractivity contribution in [2.24, 2.45) is 0 Å². The maximum Gasteiger partial charge on any atom is 0.265 e. The van der Waals surface area contributed by atoms with Gasteiger partial charge in [0, 0.05) is 6.42 Å². The lowest BCUT2D eigenvalue weighted by Crippen LogP contribution is -2.51. The first kappa shape index (κ1) is 15.9. The summed E-state index contributed by atoms with van der Waals surface area (Å²) < 4.78 is 2.91. The molecule has 1 aliphatic heterocycles. The van der Waals surface area contributed by atoms with Crippen LogP contribution < -0.4 is 9.83 Å². The van der Waals surface area contributed by atoms with Crippen LogP contribution in [0.25, 0.3) is 0 Å². The Morgan fingerprint density at radius 1 is 1.33 bits per heavy atom. The third-order valence-electron chi connectivity index (χ3n) is 3.78. The van der Waals surface area contributed by atoms with Gasteiger partial charge in [0.15, 0.2) is 5.25 Å². The van der Waals surface area contributed by atoms with Crippen molar-refractivity contribution < 1.29 is 14.7 Å². The topological polar surface area (TPSA) is 69.2 Å². The minimum absolute atomic E-state index is 0.0987. The summed E-state index contributed by atoms with van der Waals surface area (Å²) in [7, 11) is 0. The molecule has 0 bridgehead atoms. The second-order valence-electron chi connectivity index (χ2n) is 5.57. The fourth-order valence-electron chi connectivity index (χ4n) is 2.63. The number of nitrogens with one attached hydrogen (secondary N) is 1. The van der Waals surface area contributed by atoms with Crippen molar-refractivity contribution in [1.82, 2.24) is 4.72 Å². The van der Waals surface area contributed by atoms with Crippen LogP contribution >= 0.6 is 0 Å². The van der Waals surface area contributed by atoms with E-state index in [1.165, 1.54) is 5.56 Å². The fourth-order valence-corrected chi connectivity index (χ4v) is 4.72. The van der Waals surface area contributed by atoms with Gasteiger partial charge in [-0.15, -0.1) is 0 Å². The van der Waals surface area contributed by atoms with Crippen LogP contribution in [0.1, 0.15) is 36.0 Å². The van der Waals surface area contributed by atoms with Crippen LogP contribution in [0.4, 0.5) is 0 Å². The Balaban J connectivity index is 1.98. The predicted molar refractivity (Wildman–Crippen MR) is 82.6 cm³/mol. The van der Waals surface area contributed by atoms with E-state index in [2.05, 4.69) is 10.8 Å². The zero-order chi connectivity index (χ0) is 15.4. The molecule has 0 radical (unpaired) electrons. The van der Waals surface area contributed by atoms with Crippen molar-refractivity contribution in [3.05, 3.63) is 34.9 Å². The molecule has 2 atom stereocenters. The number of carbonyl (C=O) groups excluding carboxylic acids is 2. The first-order valence-corrected chi connectivity index (χ1v) is 8.69. The van der Waals surface area contributed by atoms with Crippen molar-refractivity contribution in [2.75, 3.05) is 5.75 Å². The monoisotopic (exact) mass is 307 g/mol. The van der Waals surface area contributed by atoms with Crippen molar-refractivity contribution in [3.63, 3.8) is 0 Å². The highest BCUT2D eigenvalue weighted by molar-refractivity contribution is 7.96. The van der Waals surface area contributed by atoms with E-state index in [-0.39, 0.29) is 5.91 Å². The first-order chi connectivity index (χ1) is 9.97. The van der Waals surface area contributed by atoms with Gasteiger partial charge in [0.05, 0.1) is 12.4 Å². The average molecular weight is 307 g/mol. The lowest BCUT2D eigenvalue weighted by molar-refractivity contribution is -0.305. The smallest absolute Gasteiger partial charge is 0.265 e. The zero-order valence-electron chi connectivity index (χ0n) is 12.5. The largest absolute Gasteiger partial charge is 0.545 e. The molecular weight excluding hydrogens is 286 g/mol. The summed E-state index contributed by atoms with van der Waals surface area (Å²) in [6.07, 6.45) is 2.77. The number of amides is 1. The maximum absolute atomic E-state index is 12.2. The molecule has 0 aromatic heterocycles. The van der Waals surface area contributed by atoms with E-state index in [0.29, 0.717) is 12.8 Å². The number of aliphatic carboxylic acids is 1. The lowest BCUT2D eigenvalue weighted by atomic mass is 10.0. The van der Waals surface area contributed by atoms with Crippen LogP contribution in [-0.2, 0) is 27.1 Å². The molecule has 1 N–H and O–H groups in total. The summed E-state index contributed by atoms with van der Waals surface area (Å²) >= 11 is -0.589. The number of hydrogen-bond donors (Lipinski definition) is 1. The van der Waals surface area contributed by atoms with Gasteiger partial charge in [0.2, 0.25) is 0 Å². The highest BCUT2D eigenvalue weighted by Crippen LogP contribution is 2.20. The average Bonchev–Trinajstić information content (AvgIpc) is 2.42. The van der Waals surface area contributed by atoms with E-state index >= 15 is 0 Å². The normalized spacial score (nSPS) is 21.8. The van der Waals surface area contributed by atoms with Crippen LogP contribution in [0, 0.1) is 13.8 Å². The first-order valence-electron chi connectivity index (χ1n) is 7.23. The quantitative estimate of drug-likeness (QED) is 0.837. The van der Waals surface area contributed by atoms with E-state index in [1.54, 1.807) is 0 Å². The van der Waals surface area contributed by atoms with Crippen LogP contribution in [-0.4, -0.2) is 22.9 Å². The standard InChI is InChI=1S/C16H21NO3S/c1-11-6-7-13(12(2)9-11)10-15(18)17-21-8-4-3-5-14(21)16(19)20/h6-7,9,14H,3-5,8,10H2,1-2H3,(H-,17,18,19,20). The molecule has 1 saturated heterocycles. The Kier molecular flexibility index (Phi) is 5.28. The van der Waals surface area contributed by atoms with Gasteiger partial charge in [-0.05, 0) is 37.8 Å². The van der Waals surface area contributed by atoms with Gasteiger partial charge in [-0.2, -0.15) is 4.72 Å². The second kappa shape index (κ2) is 6.98. The Labute approximate surface area is 128 Å². The molecule has 0 aliphatic carbocycles. The maximum atomic E-state index is 12.2. The van der Waals surface area contributed by atoms with E-state index in [0.717, 1.165) is 29.7 Å². The molecule has 1 amide bonds. The summed E-state index contributed by atoms with van der Waals surface area (Å²) in [4.78, 5) is 23.3. The minimum Gasteiger partial charge on any atom is -0.545 e. The Bertz CT molecular complexity index is 544.